The number of hydrogen-bond acceptors (Lipinski definition) is 5. The van der Waals surface area contributed by atoms with Gasteiger partial charge in [0.1, 0.15) is 4.88 Å². The number of thiophene rings is 2. The van der Waals surface area contributed by atoms with E-state index in [-0.39, 0.29) is 81.6 Å². The Hall–Kier alpha value is -3.00. The van der Waals surface area contributed by atoms with Crippen molar-refractivity contribution in [2.45, 2.75) is 98.1 Å². The molecule has 0 saturated carbocycles. The molecule has 297 valence electrons. The van der Waals surface area contributed by atoms with Crippen LogP contribution in [-0.4, -0.2) is 15.9 Å². The van der Waals surface area contributed by atoms with Crippen LogP contribution in [0.15, 0.2) is 48.4 Å². The van der Waals surface area contributed by atoms with Crippen molar-refractivity contribution in [2.24, 2.45) is 11.8 Å². The molecule has 1 N–H and O–H groups in total. The van der Waals surface area contributed by atoms with Crippen LogP contribution in [0, 0.1) is 17.9 Å². The number of nitrogens with zero attached hydrogens (tertiary/aromatic N) is 1. The van der Waals surface area contributed by atoms with Gasteiger partial charge in [0.05, 0.1) is 11.3 Å². The Morgan fingerprint density at radius 1 is 0.815 bits per heavy atom. The molecular weight excluding hydrogens is 942 g/mol. The van der Waals surface area contributed by atoms with Crippen LogP contribution in [0.3, 0.4) is 0 Å². The zero-order valence-electron chi connectivity index (χ0n) is 30.4. The number of aliphatic hydroxyl groups is 1. The molecule has 3 aromatic heterocycles. The SMILES string of the molecule is CC(C)(C)c1ccc2c(c1)sc1c(-c3[c-]c4sc(C(F)(F)F)c(C(F)(F)F)c4cc3)ncc(C(F)(F)F)c12.CCC(CC)C(=O)/C=C(\O)C(CC)CC.[Ir]. The zero-order valence-corrected chi connectivity index (χ0v) is 34.4. The summed E-state index contributed by atoms with van der Waals surface area (Å²) in [4.78, 5) is 13.9. The fourth-order valence-electron chi connectivity index (χ4n) is 6.08. The van der Waals surface area contributed by atoms with Gasteiger partial charge in [0, 0.05) is 75.6 Å². The Labute approximate surface area is 329 Å². The number of pyridine rings is 1. The smallest absolute Gasteiger partial charge is 0.425 e. The number of carbonyl (C=O) groups is 1. The zero-order chi connectivity index (χ0) is 39.8. The molecule has 3 nitrogen and oxygen atoms in total. The fraction of sp³-hybridized carbons (Fsp3) is 0.436. The first-order chi connectivity index (χ1) is 24.5. The average Bonchev–Trinajstić information content (AvgIpc) is 3.64. The predicted molar refractivity (Wildman–Crippen MR) is 194 cm³/mol. The normalized spacial score (nSPS) is 13.2. The van der Waals surface area contributed by atoms with Gasteiger partial charge in [-0.05, 0) is 47.4 Å². The van der Waals surface area contributed by atoms with Crippen molar-refractivity contribution in [3.8, 4) is 11.3 Å². The number of carbonyl (C=O) groups excluding carboxylic acids is 1. The monoisotopic (exact) mass is 981 g/mol. The maximum Gasteiger partial charge on any atom is 0.425 e. The van der Waals surface area contributed by atoms with Crippen molar-refractivity contribution < 1.29 is 69.5 Å². The molecule has 0 spiro atoms. The molecule has 0 fully saturated rings. The van der Waals surface area contributed by atoms with Crippen LogP contribution < -0.4 is 0 Å². The van der Waals surface area contributed by atoms with E-state index in [4.69, 9.17) is 0 Å². The van der Waals surface area contributed by atoms with Gasteiger partial charge in [-0.2, -0.15) is 50.9 Å². The average molecular weight is 981 g/mol. The Morgan fingerprint density at radius 2 is 1.39 bits per heavy atom. The van der Waals surface area contributed by atoms with E-state index in [1.165, 1.54) is 6.08 Å². The molecule has 15 heteroatoms. The number of fused-ring (bicyclic) bond motifs is 4. The first-order valence-corrected chi connectivity index (χ1v) is 18.6. The second-order valence-corrected chi connectivity index (χ2v) is 15.8. The quantitative estimate of drug-likeness (QED) is 0.0729. The van der Waals surface area contributed by atoms with Gasteiger partial charge < -0.3 is 10.1 Å². The standard InChI is InChI=1S/C26H15F9NS2.C13H24O2.Ir/c1-23(2,3)12-5-7-13-17(9-12)37-21-18(13)15(24(27,28)29)10-36-20(21)11-4-6-14-16(8-11)38-22(26(33,34)35)19(14)25(30,31)32;1-5-10(6-2)12(14)9-13(15)11(7-3)8-4;/h4-7,9-10H,1-3H3;9-11,14H,5-8H2,1-4H3;/q-1;;/b;12-9-;. The van der Waals surface area contributed by atoms with Gasteiger partial charge in [0.2, 0.25) is 0 Å². The number of aromatic nitrogens is 1. The van der Waals surface area contributed by atoms with Crippen molar-refractivity contribution in [2.75, 3.05) is 0 Å². The van der Waals surface area contributed by atoms with E-state index in [0.29, 0.717) is 16.3 Å². The van der Waals surface area contributed by atoms with Gasteiger partial charge in [-0.3, -0.25) is 4.79 Å². The van der Waals surface area contributed by atoms with Crippen LogP contribution in [0.2, 0.25) is 0 Å². The summed E-state index contributed by atoms with van der Waals surface area (Å²) in [6.07, 6.45) is -9.72. The third-order valence-corrected chi connectivity index (χ3v) is 11.5. The van der Waals surface area contributed by atoms with Crippen molar-refractivity contribution in [3.05, 3.63) is 76.0 Å². The van der Waals surface area contributed by atoms with Crippen LogP contribution in [0.5, 0.6) is 0 Å². The number of allylic oxidation sites excluding steroid dienone is 2. The number of aliphatic hydroxyl groups excluding tert-OH is 1. The van der Waals surface area contributed by atoms with Crippen LogP contribution in [-0.2, 0) is 48.8 Å². The molecule has 2 aromatic carbocycles. The summed E-state index contributed by atoms with van der Waals surface area (Å²) in [6, 6.07) is 9.64. The summed E-state index contributed by atoms with van der Waals surface area (Å²) < 4.78 is 123. The second kappa shape index (κ2) is 17.0. The minimum Gasteiger partial charge on any atom is -0.512 e. The number of ketones is 1. The van der Waals surface area contributed by atoms with Crippen LogP contribution in [0.1, 0.15) is 95.7 Å². The minimum atomic E-state index is -5.27. The van der Waals surface area contributed by atoms with E-state index < -0.39 is 44.6 Å². The number of alkyl halides is 9. The van der Waals surface area contributed by atoms with Gasteiger partial charge in [-0.25, -0.2) is 0 Å². The van der Waals surface area contributed by atoms with Crippen molar-refractivity contribution in [3.63, 3.8) is 0 Å². The van der Waals surface area contributed by atoms with Gasteiger partial charge >= 0.3 is 18.5 Å². The molecule has 54 heavy (non-hydrogen) atoms. The maximum atomic E-state index is 14.0. The molecule has 1 radical (unpaired) electrons. The summed E-state index contributed by atoms with van der Waals surface area (Å²) in [7, 11) is 0. The Kier molecular flexibility index (Phi) is 14.3. The molecular formula is C39H39F9IrNO2S2-. The molecule has 0 bridgehead atoms. The van der Waals surface area contributed by atoms with Crippen molar-refractivity contribution >= 4 is 58.7 Å². The van der Waals surface area contributed by atoms with Gasteiger partial charge in [-0.1, -0.05) is 66.0 Å². The van der Waals surface area contributed by atoms with E-state index in [9.17, 15) is 49.4 Å². The number of hydrogen-bond donors (Lipinski definition) is 1. The fourth-order valence-corrected chi connectivity index (χ4v) is 8.44. The van der Waals surface area contributed by atoms with Crippen molar-refractivity contribution in [1.29, 1.82) is 0 Å². The van der Waals surface area contributed by atoms with E-state index in [0.717, 1.165) is 54.7 Å². The molecule has 0 unspecified atom stereocenters. The largest absolute Gasteiger partial charge is 0.512 e. The number of rotatable bonds is 8. The van der Waals surface area contributed by atoms with E-state index >= 15 is 0 Å². The molecule has 0 aliphatic rings. The number of benzene rings is 2. The summed E-state index contributed by atoms with van der Waals surface area (Å²) in [5.74, 6) is 0.547. The van der Waals surface area contributed by atoms with E-state index in [1.807, 2.05) is 48.5 Å². The molecule has 3 heterocycles. The Balaban J connectivity index is 0.000000418. The summed E-state index contributed by atoms with van der Waals surface area (Å²) in [5.41, 5.74) is -2.23. The molecule has 5 rings (SSSR count). The predicted octanol–water partition coefficient (Wildman–Crippen LogP) is 14.4. The molecule has 0 aliphatic carbocycles. The first-order valence-electron chi connectivity index (χ1n) is 17.0. The summed E-state index contributed by atoms with van der Waals surface area (Å²) in [6.45, 7) is 13.9. The van der Waals surface area contributed by atoms with Crippen LogP contribution in [0.25, 0.3) is 41.5 Å². The first kappa shape index (κ1) is 45.4. The van der Waals surface area contributed by atoms with Crippen LogP contribution in [0.4, 0.5) is 39.5 Å². The van der Waals surface area contributed by atoms with Gasteiger partial charge in [-0.15, -0.1) is 35.1 Å². The summed E-state index contributed by atoms with van der Waals surface area (Å²) >= 11 is 0.911. The topological polar surface area (TPSA) is 50.2 Å². The Bertz CT molecular complexity index is 2130. The molecule has 5 aromatic rings. The summed E-state index contributed by atoms with van der Waals surface area (Å²) in [5, 5.41) is 9.27. The third kappa shape index (κ3) is 9.68. The Morgan fingerprint density at radius 3 is 1.89 bits per heavy atom. The molecule has 0 atom stereocenters. The second-order valence-electron chi connectivity index (χ2n) is 13.7. The van der Waals surface area contributed by atoms with Gasteiger partial charge in [0.25, 0.3) is 0 Å². The van der Waals surface area contributed by atoms with Crippen LogP contribution >= 0.6 is 22.7 Å². The minimum absolute atomic E-state index is 0. The molecule has 0 saturated heterocycles. The van der Waals surface area contributed by atoms with Gasteiger partial charge in [0.15, 0.2) is 5.78 Å². The number of halogens is 9. The van der Waals surface area contributed by atoms with Crippen molar-refractivity contribution in [1.82, 2.24) is 4.98 Å². The molecule has 0 aliphatic heterocycles. The van der Waals surface area contributed by atoms with E-state index in [2.05, 4.69) is 11.1 Å². The molecule has 0 amide bonds. The van der Waals surface area contributed by atoms with E-state index in [1.54, 1.807) is 18.2 Å². The maximum absolute atomic E-state index is 14.0. The third-order valence-electron chi connectivity index (χ3n) is 9.16.